The van der Waals surface area contributed by atoms with Crippen molar-refractivity contribution in [3.05, 3.63) is 70.3 Å². The molecule has 2 aliphatic rings. The van der Waals surface area contributed by atoms with Gasteiger partial charge < -0.3 is 19.7 Å². The molecule has 2 aromatic rings. The number of hydrogen-bond acceptors (Lipinski definition) is 4. The van der Waals surface area contributed by atoms with E-state index in [-0.39, 0.29) is 13.0 Å². The van der Waals surface area contributed by atoms with Crippen LogP contribution in [0.25, 0.3) is 0 Å². The van der Waals surface area contributed by atoms with Crippen molar-refractivity contribution in [1.29, 1.82) is 0 Å². The maximum Gasteiger partial charge on any atom is 0.416 e. The maximum absolute atomic E-state index is 12.7. The van der Waals surface area contributed by atoms with Crippen molar-refractivity contribution in [2.75, 3.05) is 6.61 Å². The lowest BCUT2D eigenvalue weighted by molar-refractivity contribution is -0.302. The summed E-state index contributed by atoms with van der Waals surface area (Å²) in [5, 5.41) is 19.7. The molecule has 28 heavy (non-hydrogen) atoms. The van der Waals surface area contributed by atoms with Crippen LogP contribution in [0.3, 0.4) is 0 Å². The summed E-state index contributed by atoms with van der Waals surface area (Å²) >= 11 is 0. The quantitative estimate of drug-likeness (QED) is 0.837. The molecule has 1 saturated heterocycles. The van der Waals surface area contributed by atoms with Crippen LogP contribution in [0.15, 0.2) is 42.5 Å². The van der Waals surface area contributed by atoms with Crippen molar-refractivity contribution in [2.24, 2.45) is 0 Å². The van der Waals surface area contributed by atoms with Gasteiger partial charge >= 0.3 is 6.18 Å². The van der Waals surface area contributed by atoms with E-state index in [2.05, 4.69) is 0 Å². The Kier molecular flexibility index (Phi) is 4.95. The minimum atomic E-state index is -4.35. The summed E-state index contributed by atoms with van der Waals surface area (Å²) in [5.41, 5.74) is 2.76. The molecule has 0 aromatic heterocycles. The molecule has 2 heterocycles. The van der Waals surface area contributed by atoms with E-state index >= 15 is 0 Å². The molecule has 2 N–H and O–H groups in total. The van der Waals surface area contributed by atoms with Crippen molar-refractivity contribution in [3.8, 4) is 0 Å². The van der Waals surface area contributed by atoms with Gasteiger partial charge in [0.15, 0.2) is 5.79 Å². The average molecular weight is 394 g/mol. The third-order valence-electron chi connectivity index (χ3n) is 5.33. The molecule has 0 saturated carbocycles. The number of ether oxygens (including phenoxy) is 2. The van der Waals surface area contributed by atoms with Gasteiger partial charge in [-0.25, -0.2) is 0 Å². The van der Waals surface area contributed by atoms with Crippen LogP contribution in [-0.2, 0) is 34.5 Å². The highest BCUT2D eigenvalue weighted by Crippen LogP contribution is 2.45. The van der Waals surface area contributed by atoms with Gasteiger partial charge in [0.05, 0.1) is 31.0 Å². The normalized spacial score (nSPS) is 27.2. The van der Waals surface area contributed by atoms with Gasteiger partial charge in [-0.15, -0.1) is 0 Å². The van der Waals surface area contributed by atoms with Crippen molar-refractivity contribution in [1.82, 2.24) is 0 Å². The zero-order chi connectivity index (χ0) is 19.9. The van der Waals surface area contributed by atoms with Crippen LogP contribution in [0, 0.1) is 0 Å². The minimum Gasteiger partial charge on any atom is -0.394 e. The Balaban J connectivity index is 1.59. The Hall–Kier alpha value is -1.93. The molecule has 4 nitrogen and oxygen atoms in total. The minimum absolute atomic E-state index is 0.206. The first-order chi connectivity index (χ1) is 13.3. The maximum atomic E-state index is 12.7. The van der Waals surface area contributed by atoms with Gasteiger partial charge in [-0.1, -0.05) is 24.3 Å². The zero-order valence-electron chi connectivity index (χ0n) is 15.1. The van der Waals surface area contributed by atoms with E-state index in [9.17, 15) is 23.4 Å². The zero-order valence-corrected chi connectivity index (χ0v) is 15.1. The largest absolute Gasteiger partial charge is 0.416 e. The third kappa shape index (κ3) is 3.67. The van der Waals surface area contributed by atoms with Gasteiger partial charge in [-0.05, 0) is 41.3 Å². The van der Waals surface area contributed by atoms with Gasteiger partial charge in [-0.2, -0.15) is 13.2 Å². The topological polar surface area (TPSA) is 58.9 Å². The van der Waals surface area contributed by atoms with E-state index in [1.807, 2.05) is 18.2 Å². The van der Waals surface area contributed by atoms with Crippen molar-refractivity contribution in [2.45, 2.75) is 50.0 Å². The van der Waals surface area contributed by atoms with Gasteiger partial charge in [0.1, 0.15) is 0 Å². The molecule has 3 atom stereocenters. The van der Waals surface area contributed by atoms with Crippen LogP contribution in [0.2, 0.25) is 0 Å². The Morgan fingerprint density at radius 1 is 1.07 bits per heavy atom. The second-order valence-corrected chi connectivity index (χ2v) is 7.42. The molecule has 1 spiro atoms. The Morgan fingerprint density at radius 3 is 2.46 bits per heavy atom. The van der Waals surface area contributed by atoms with Crippen LogP contribution in [0.1, 0.15) is 40.7 Å². The molecule has 7 heteroatoms. The monoisotopic (exact) mass is 394 g/mol. The second-order valence-electron chi connectivity index (χ2n) is 7.42. The lowest BCUT2D eigenvalue weighted by atomic mass is 9.90. The van der Waals surface area contributed by atoms with E-state index in [0.717, 1.165) is 34.4 Å². The summed E-state index contributed by atoms with van der Waals surface area (Å²) < 4.78 is 50.1. The van der Waals surface area contributed by atoms with Crippen molar-refractivity contribution >= 4 is 0 Å². The number of rotatable bonds is 3. The highest BCUT2D eigenvalue weighted by atomic mass is 19.4. The fraction of sp³-hybridized carbons (Fsp3) is 0.429. The molecular formula is C21H21F3O4. The Labute approximate surface area is 160 Å². The van der Waals surface area contributed by atoms with Crippen LogP contribution in [0.4, 0.5) is 13.2 Å². The highest BCUT2D eigenvalue weighted by molar-refractivity contribution is 5.40. The first kappa shape index (κ1) is 19.4. The predicted octanol–water partition coefficient (Wildman–Crippen LogP) is 3.51. The standard InChI is InChI=1S/C21H21F3O4/c22-21(23,24)16-5-2-13(3-6-16)7-14-1-4-15-12-27-20(19(15)8-14)10-17(26)9-18(11-25)28-20/h1-6,8,17-18,25-26H,7,9-12H2/t17-,18-,20+/m0/s1. The SMILES string of the molecule is OC[C@@H]1C[C@H](O)C[C@@]2(OCc3ccc(Cc4ccc(C(F)(F)F)cc4)cc32)O1. The first-order valence-corrected chi connectivity index (χ1v) is 9.18. The summed E-state index contributed by atoms with van der Waals surface area (Å²) in [7, 11) is 0. The van der Waals surface area contributed by atoms with Crippen LogP contribution in [-0.4, -0.2) is 29.0 Å². The molecule has 0 bridgehead atoms. The molecule has 0 amide bonds. The predicted molar refractivity (Wildman–Crippen MR) is 94.4 cm³/mol. The van der Waals surface area contributed by atoms with Gasteiger partial charge in [-0.3, -0.25) is 0 Å². The van der Waals surface area contributed by atoms with Crippen LogP contribution < -0.4 is 0 Å². The molecule has 1 fully saturated rings. The molecule has 0 radical (unpaired) electrons. The Morgan fingerprint density at radius 2 is 1.79 bits per heavy atom. The number of fused-ring (bicyclic) bond motifs is 2. The van der Waals surface area contributed by atoms with E-state index in [1.54, 1.807) is 0 Å². The number of benzene rings is 2. The first-order valence-electron chi connectivity index (χ1n) is 9.18. The molecular weight excluding hydrogens is 373 g/mol. The van der Waals surface area contributed by atoms with Crippen molar-refractivity contribution in [3.63, 3.8) is 0 Å². The molecule has 0 unspecified atom stereocenters. The van der Waals surface area contributed by atoms with Gasteiger partial charge in [0, 0.05) is 18.4 Å². The second kappa shape index (κ2) is 7.15. The lowest BCUT2D eigenvalue weighted by Crippen LogP contribution is -2.45. The van der Waals surface area contributed by atoms with Gasteiger partial charge in [0.25, 0.3) is 0 Å². The number of alkyl halides is 3. The van der Waals surface area contributed by atoms with Crippen LogP contribution in [0.5, 0.6) is 0 Å². The smallest absolute Gasteiger partial charge is 0.394 e. The number of aliphatic hydroxyl groups excluding tert-OH is 2. The molecule has 2 aliphatic heterocycles. The fourth-order valence-electron chi connectivity index (χ4n) is 3.97. The highest BCUT2D eigenvalue weighted by Gasteiger charge is 2.48. The Bertz CT molecular complexity index is 850. The summed E-state index contributed by atoms with van der Waals surface area (Å²) in [4.78, 5) is 0. The van der Waals surface area contributed by atoms with E-state index in [0.29, 0.717) is 19.4 Å². The van der Waals surface area contributed by atoms with E-state index < -0.39 is 29.7 Å². The summed E-state index contributed by atoms with van der Waals surface area (Å²) in [6.45, 7) is 0.142. The third-order valence-corrected chi connectivity index (χ3v) is 5.33. The molecule has 4 rings (SSSR count). The fourth-order valence-corrected chi connectivity index (χ4v) is 3.97. The van der Waals surface area contributed by atoms with E-state index in [1.165, 1.54) is 12.1 Å². The number of hydrogen-bond donors (Lipinski definition) is 2. The summed E-state index contributed by atoms with van der Waals surface area (Å²) in [6, 6.07) is 10.9. The molecule has 150 valence electrons. The summed E-state index contributed by atoms with van der Waals surface area (Å²) in [5.74, 6) is -1.09. The van der Waals surface area contributed by atoms with Crippen molar-refractivity contribution < 1.29 is 32.9 Å². The lowest BCUT2D eigenvalue weighted by Gasteiger charge is -2.40. The molecule has 2 aromatic carbocycles. The van der Waals surface area contributed by atoms with E-state index in [4.69, 9.17) is 9.47 Å². The average Bonchev–Trinajstić information content (AvgIpc) is 2.98. The van der Waals surface area contributed by atoms with Crippen LogP contribution >= 0.6 is 0 Å². The number of halogens is 3. The van der Waals surface area contributed by atoms with Gasteiger partial charge in [0.2, 0.25) is 0 Å². The summed E-state index contributed by atoms with van der Waals surface area (Å²) in [6.07, 6.45) is -4.41. The number of aliphatic hydroxyl groups is 2. The molecule has 0 aliphatic carbocycles.